The topological polar surface area (TPSA) is 28.5 Å². The van der Waals surface area contributed by atoms with Crippen molar-refractivity contribution in [2.75, 3.05) is 26.2 Å². The molecule has 4 nitrogen and oxygen atoms in total. The smallest absolute Gasteiger partial charge is 0.255 e. The average molecular weight is 394 g/mol. The second-order valence-corrected chi connectivity index (χ2v) is 8.54. The maximum atomic E-state index is 13.2. The standard InChI is InChI=1S/C23H27N3OS/c1-18-15-22(19(2)26(18)17-21-9-6-14-28-21)23(27)25-12-10-24(11-13-25)16-20-7-4-3-5-8-20/h3-9,14-15H,10-13,16-17H2,1-2H3. The van der Waals surface area contributed by atoms with Crippen molar-refractivity contribution in [3.8, 4) is 0 Å². The summed E-state index contributed by atoms with van der Waals surface area (Å²) in [6.07, 6.45) is 0. The molecule has 0 aliphatic carbocycles. The molecule has 2 aromatic heterocycles. The van der Waals surface area contributed by atoms with Gasteiger partial charge in [-0.1, -0.05) is 36.4 Å². The number of nitrogens with zero attached hydrogens (tertiary/aromatic N) is 3. The molecule has 1 saturated heterocycles. The Morgan fingerprint density at radius 3 is 2.39 bits per heavy atom. The van der Waals surface area contributed by atoms with Crippen LogP contribution in [0.15, 0.2) is 53.9 Å². The molecule has 3 aromatic rings. The number of aromatic nitrogens is 1. The van der Waals surface area contributed by atoms with E-state index >= 15 is 0 Å². The highest BCUT2D eigenvalue weighted by molar-refractivity contribution is 7.09. The van der Waals surface area contributed by atoms with E-state index in [4.69, 9.17) is 0 Å². The highest BCUT2D eigenvalue weighted by atomic mass is 32.1. The van der Waals surface area contributed by atoms with E-state index in [0.29, 0.717) is 0 Å². The second kappa shape index (κ2) is 8.33. The van der Waals surface area contributed by atoms with E-state index < -0.39 is 0 Å². The van der Waals surface area contributed by atoms with Gasteiger partial charge in [0.15, 0.2) is 0 Å². The first-order valence-electron chi connectivity index (χ1n) is 9.86. The van der Waals surface area contributed by atoms with Crippen LogP contribution in [0.1, 0.15) is 32.2 Å². The number of carbonyl (C=O) groups is 1. The zero-order valence-electron chi connectivity index (χ0n) is 16.6. The molecule has 1 amide bonds. The SMILES string of the molecule is Cc1cc(C(=O)N2CCN(Cc3ccccc3)CC2)c(C)n1Cc1cccs1. The van der Waals surface area contributed by atoms with E-state index in [2.05, 4.69) is 77.2 Å². The summed E-state index contributed by atoms with van der Waals surface area (Å²) in [5.41, 5.74) is 4.41. The van der Waals surface area contributed by atoms with Gasteiger partial charge in [-0.2, -0.15) is 0 Å². The molecule has 0 N–H and O–H groups in total. The molecule has 1 aromatic carbocycles. The van der Waals surface area contributed by atoms with Gasteiger partial charge >= 0.3 is 0 Å². The lowest BCUT2D eigenvalue weighted by molar-refractivity contribution is 0.0627. The van der Waals surface area contributed by atoms with Gasteiger partial charge in [0.1, 0.15) is 0 Å². The Balaban J connectivity index is 1.40. The Kier molecular flexibility index (Phi) is 5.64. The molecule has 1 aliphatic heterocycles. The van der Waals surface area contributed by atoms with Crippen LogP contribution in [0, 0.1) is 13.8 Å². The first-order chi connectivity index (χ1) is 13.6. The van der Waals surface area contributed by atoms with Crippen molar-refractivity contribution in [3.63, 3.8) is 0 Å². The highest BCUT2D eigenvalue weighted by Gasteiger charge is 2.25. The summed E-state index contributed by atoms with van der Waals surface area (Å²) < 4.78 is 2.25. The van der Waals surface area contributed by atoms with E-state index in [0.717, 1.165) is 56.2 Å². The fraction of sp³-hybridized carbons (Fsp3) is 0.348. The molecule has 0 radical (unpaired) electrons. The molecule has 5 heteroatoms. The first kappa shape index (κ1) is 19.0. The Morgan fingerprint density at radius 2 is 1.71 bits per heavy atom. The molecule has 0 atom stereocenters. The molecule has 28 heavy (non-hydrogen) atoms. The molecule has 0 bridgehead atoms. The van der Waals surface area contributed by atoms with Gasteiger partial charge in [0.25, 0.3) is 5.91 Å². The number of amides is 1. The number of benzene rings is 1. The molecule has 0 spiro atoms. The molecule has 1 fully saturated rings. The van der Waals surface area contributed by atoms with E-state index in [1.54, 1.807) is 11.3 Å². The lowest BCUT2D eigenvalue weighted by Crippen LogP contribution is -2.48. The summed E-state index contributed by atoms with van der Waals surface area (Å²) in [5.74, 6) is 0.171. The summed E-state index contributed by atoms with van der Waals surface area (Å²) in [6.45, 7) is 9.39. The van der Waals surface area contributed by atoms with Crippen molar-refractivity contribution in [1.29, 1.82) is 0 Å². The quantitative estimate of drug-likeness (QED) is 0.651. The third kappa shape index (κ3) is 4.05. The van der Waals surface area contributed by atoms with E-state index in [1.165, 1.54) is 10.4 Å². The molecule has 0 unspecified atom stereocenters. The highest BCUT2D eigenvalue weighted by Crippen LogP contribution is 2.21. The Labute approximate surface area is 171 Å². The van der Waals surface area contributed by atoms with Crippen molar-refractivity contribution < 1.29 is 4.79 Å². The number of rotatable bonds is 5. The number of thiophene rings is 1. The van der Waals surface area contributed by atoms with Crippen LogP contribution >= 0.6 is 11.3 Å². The molecule has 1 aliphatic rings. The van der Waals surface area contributed by atoms with E-state index in [-0.39, 0.29) is 5.91 Å². The monoisotopic (exact) mass is 393 g/mol. The van der Waals surface area contributed by atoms with Gasteiger partial charge in [-0.05, 0) is 36.9 Å². The number of aryl methyl sites for hydroxylation is 1. The van der Waals surface area contributed by atoms with E-state index in [9.17, 15) is 4.79 Å². The maximum Gasteiger partial charge on any atom is 0.255 e. The number of hydrogen-bond acceptors (Lipinski definition) is 3. The van der Waals surface area contributed by atoms with Gasteiger partial charge in [-0.25, -0.2) is 0 Å². The Bertz CT molecular complexity index is 922. The number of piperazine rings is 1. The van der Waals surface area contributed by atoms with E-state index in [1.807, 2.05) is 4.90 Å². The largest absolute Gasteiger partial charge is 0.343 e. The lowest BCUT2D eigenvalue weighted by atomic mass is 10.1. The Hall–Kier alpha value is -2.37. The number of carbonyl (C=O) groups excluding carboxylic acids is 1. The molecular weight excluding hydrogens is 366 g/mol. The minimum atomic E-state index is 0.171. The van der Waals surface area contributed by atoms with Crippen molar-refractivity contribution in [3.05, 3.63) is 81.3 Å². The second-order valence-electron chi connectivity index (χ2n) is 7.50. The van der Waals surface area contributed by atoms with Gasteiger partial charge in [0.05, 0.1) is 12.1 Å². The van der Waals surface area contributed by atoms with Crippen LogP contribution in [0.2, 0.25) is 0 Å². The summed E-state index contributed by atoms with van der Waals surface area (Å²) in [4.78, 5) is 18.9. The molecular formula is C23H27N3OS. The normalized spacial score (nSPS) is 15.1. The van der Waals surface area contributed by atoms with Crippen LogP contribution < -0.4 is 0 Å². The van der Waals surface area contributed by atoms with Crippen LogP contribution in [-0.4, -0.2) is 46.5 Å². The predicted molar refractivity (Wildman–Crippen MR) is 115 cm³/mol. The van der Waals surface area contributed by atoms with Crippen LogP contribution in [-0.2, 0) is 13.1 Å². The average Bonchev–Trinajstić information content (AvgIpc) is 3.33. The zero-order valence-corrected chi connectivity index (χ0v) is 17.4. The Morgan fingerprint density at radius 1 is 0.964 bits per heavy atom. The predicted octanol–water partition coefficient (Wildman–Crippen LogP) is 4.17. The summed E-state index contributed by atoms with van der Waals surface area (Å²) in [6, 6.07) is 16.8. The van der Waals surface area contributed by atoms with Gasteiger partial charge in [-0.3, -0.25) is 9.69 Å². The molecule has 4 rings (SSSR count). The third-order valence-electron chi connectivity index (χ3n) is 5.61. The first-order valence-corrected chi connectivity index (χ1v) is 10.7. The van der Waals surface area contributed by atoms with Crippen molar-refractivity contribution in [1.82, 2.24) is 14.4 Å². The van der Waals surface area contributed by atoms with Crippen LogP contribution in [0.25, 0.3) is 0 Å². The molecule has 146 valence electrons. The maximum absolute atomic E-state index is 13.2. The summed E-state index contributed by atoms with van der Waals surface area (Å²) in [7, 11) is 0. The lowest BCUT2D eigenvalue weighted by Gasteiger charge is -2.34. The number of hydrogen-bond donors (Lipinski definition) is 0. The zero-order chi connectivity index (χ0) is 19.5. The fourth-order valence-electron chi connectivity index (χ4n) is 3.94. The van der Waals surface area contributed by atoms with Crippen molar-refractivity contribution in [2.45, 2.75) is 26.9 Å². The fourth-order valence-corrected chi connectivity index (χ4v) is 4.63. The van der Waals surface area contributed by atoms with Crippen LogP contribution in [0.4, 0.5) is 0 Å². The summed E-state index contributed by atoms with van der Waals surface area (Å²) in [5, 5.41) is 2.10. The van der Waals surface area contributed by atoms with Gasteiger partial charge in [0.2, 0.25) is 0 Å². The van der Waals surface area contributed by atoms with Gasteiger partial charge in [0, 0.05) is 49.0 Å². The molecule has 3 heterocycles. The van der Waals surface area contributed by atoms with Crippen molar-refractivity contribution in [2.24, 2.45) is 0 Å². The van der Waals surface area contributed by atoms with Crippen molar-refractivity contribution >= 4 is 17.2 Å². The summed E-state index contributed by atoms with van der Waals surface area (Å²) >= 11 is 1.76. The molecule has 0 saturated carbocycles. The minimum absolute atomic E-state index is 0.171. The van der Waals surface area contributed by atoms with Gasteiger partial charge in [-0.15, -0.1) is 11.3 Å². The minimum Gasteiger partial charge on any atom is -0.343 e. The third-order valence-corrected chi connectivity index (χ3v) is 6.47. The van der Waals surface area contributed by atoms with Crippen LogP contribution in [0.5, 0.6) is 0 Å². The van der Waals surface area contributed by atoms with Gasteiger partial charge < -0.3 is 9.47 Å². The van der Waals surface area contributed by atoms with Crippen LogP contribution in [0.3, 0.4) is 0 Å².